The Labute approximate surface area is 134 Å². The normalized spacial score (nSPS) is 12.7. The molecule has 6 heteroatoms. The first-order chi connectivity index (χ1) is 11.3. The fraction of sp³-hybridized carbons (Fsp3) is 0.294. The van der Waals surface area contributed by atoms with Crippen molar-refractivity contribution in [3.05, 3.63) is 60.2 Å². The summed E-state index contributed by atoms with van der Waals surface area (Å²) in [6.07, 6.45) is 2.21. The first kappa shape index (κ1) is 15.5. The highest BCUT2D eigenvalue weighted by molar-refractivity contribution is 5.44. The van der Waals surface area contributed by atoms with Crippen LogP contribution in [0.25, 0.3) is 11.6 Å². The average Bonchev–Trinajstić information content (AvgIpc) is 3.24. The van der Waals surface area contributed by atoms with Gasteiger partial charge in [0.15, 0.2) is 5.76 Å². The lowest BCUT2D eigenvalue weighted by molar-refractivity contribution is 0.164. The van der Waals surface area contributed by atoms with E-state index in [4.69, 9.17) is 8.94 Å². The third kappa shape index (κ3) is 3.67. The minimum atomic E-state index is 0.0835. The van der Waals surface area contributed by atoms with Gasteiger partial charge in [-0.05, 0) is 31.2 Å². The number of hydrogen-bond acceptors (Lipinski definition) is 6. The van der Waals surface area contributed by atoms with E-state index in [0.29, 0.717) is 30.4 Å². The number of hydrogen-bond donors (Lipinski definition) is 1. The summed E-state index contributed by atoms with van der Waals surface area (Å²) < 4.78 is 10.6. The van der Waals surface area contributed by atoms with E-state index >= 15 is 0 Å². The zero-order valence-electron chi connectivity index (χ0n) is 12.9. The van der Waals surface area contributed by atoms with Gasteiger partial charge in [-0.1, -0.05) is 35.5 Å². The van der Waals surface area contributed by atoms with Crippen molar-refractivity contribution in [1.82, 2.24) is 15.0 Å². The van der Waals surface area contributed by atoms with Crippen molar-refractivity contribution in [1.29, 1.82) is 0 Å². The topological polar surface area (TPSA) is 75.5 Å². The minimum absolute atomic E-state index is 0.0835. The molecule has 0 spiro atoms. The zero-order valence-corrected chi connectivity index (χ0v) is 12.9. The number of rotatable bonds is 7. The highest BCUT2D eigenvalue weighted by Crippen LogP contribution is 2.24. The SMILES string of the molecule is CN(Cc1nc(-c2ccco2)no1)C(CCO)c1ccccc1. The molecule has 0 fully saturated rings. The van der Waals surface area contributed by atoms with Crippen LogP contribution in [0.5, 0.6) is 0 Å². The maximum Gasteiger partial charge on any atom is 0.241 e. The highest BCUT2D eigenvalue weighted by atomic mass is 16.5. The van der Waals surface area contributed by atoms with E-state index < -0.39 is 0 Å². The minimum Gasteiger partial charge on any atom is -0.461 e. The molecule has 23 heavy (non-hydrogen) atoms. The van der Waals surface area contributed by atoms with Crippen LogP contribution in [0.4, 0.5) is 0 Å². The molecule has 2 aromatic heterocycles. The molecule has 0 bridgehead atoms. The van der Waals surface area contributed by atoms with E-state index in [-0.39, 0.29) is 12.6 Å². The number of aromatic nitrogens is 2. The largest absolute Gasteiger partial charge is 0.461 e. The fourth-order valence-corrected chi connectivity index (χ4v) is 2.59. The van der Waals surface area contributed by atoms with E-state index in [1.807, 2.05) is 25.2 Å². The predicted molar refractivity (Wildman–Crippen MR) is 84.4 cm³/mol. The molecule has 1 aromatic carbocycles. The Bertz CT molecular complexity index is 710. The van der Waals surface area contributed by atoms with Gasteiger partial charge in [0.05, 0.1) is 12.8 Å². The second-order valence-corrected chi connectivity index (χ2v) is 5.34. The lowest BCUT2D eigenvalue weighted by Crippen LogP contribution is -2.25. The molecule has 0 radical (unpaired) electrons. The molecule has 2 heterocycles. The Morgan fingerprint density at radius 3 is 2.70 bits per heavy atom. The molecule has 6 nitrogen and oxygen atoms in total. The summed E-state index contributed by atoms with van der Waals surface area (Å²) in [7, 11) is 1.98. The molecular formula is C17H19N3O3. The summed E-state index contributed by atoms with van der Waals surface area (Å²) in [5, 5.41) is 13.3. The van der Waals surface area contributed by atoms with E-state index in [9.17, 15) is 5.11 Å². The quantitative estimate of drug-likeness (QED) is 0.723. The van der Waals surface area contributed by atoms with Crippen molar-refractivity contribution in [2.24, 2.45) is 0 Å². The van der Waals surface area contributed by atoms with Crippen LogP contribution in [0.1, 0.15) is 23.9 Å². The Kier molecular flexibility index (Phi) is 4.85. The molecular weight excluding hydrogens is 294 g/mol. The molecule has 0 aliphatic heterocycles. The van der Waals surface area contributed by atoms with Crippen molar-refractivity contribution in [3.8, 4) is 11.6 Å². The first-order valence-electron chi connectivity index (χ1n) is 7.50. The van der Waals surface area contributed by atoms with E-state index in [1.54, 1.807) is 18.4 Å². The molecule has 0 aliphatic rings. The van der Waals surface area contributed by atoms with E-state index in [0.717, 1.165) is 5.56 Å². The van der Waals surface area contributed by atoms with Crippen LogP contribution >= 0.6 is 0 Å². The van der Waals surface area contributed by atoms with Crippen LogP contribution in [0.15, 0.2) is 57.7 Å². The summed E-state index contributed by atoms with van der Waals surface area (Å²) in [5.74, 6) is 1.53. The van der Waals surface area contributed by atoms with Crippen molar-refractivity contribution in [2.75, 3.05) is 13.7 Å². The number of benzene rings is 1. The first-order valence-corrected chi connectivity index (χ1v) is 7.50. The molecule has 1 unspecified atom stereocenters. The van der Waals surface area contributed by atoms with Crippen LogP contribution in [0.2, 0.25) is 0 Å². The number of aliphatic hydroxyl groups is 1. The lowest BCUT2D eigenvalue weighted by Gasteiger charge is -2.26. The standard InChI is InChI=1S/C17H19N3O3/c1-20(14(9-10-21)13-6-3-2-4-7-13)12-16-18-17(19-23-16)15-8-5-11-22-15/h2-8,11,14,21H,9-10,12H2,1H3. The van der Waals surface area contributed by atoms with Gasteiger partial charge in [0.1, 0.15) is 0 Å². The summed E-state index contributed by atoms with van der Waals surface area (Å²) in [5.41, 5.74) is 1.15. The molecule has 3 rings (SSSR count). The predicted octanol–water partition coefficient (Wildman–Crippen LogP) is 2.89. The van der Waals surface area contributed by atoms with Crippen LogP contribution in [0.3, 0.4) is 0 Å². The molecule has 0 saturated heterocycles. The van der Waals surface area contributed by atoms with Crippen LogP contribution in [-0.2, 0) is 6.54 Å². The van der Waals surface area contributed by atoms with Crippen LogP contribution in [-0.4, -0.2) is 33.8 Å². The van der Waals surface area contributed by atoms with Crippen LogP contribution in [0, 0.1) is 0 Å². The van der Waals surface area contributed by atoms with Gasteiger partial charge in [0, 0.05) is 12.6 Å². The summed E-state index contributed by atoms with van der Waals surface area (Å²) in [4.78, 5) is 6.44. The molecule has 1 N–H and O–H groups in total. The maximum atomic E-state index is 9.35. The number of nitrogens with zero attached hydrogens (tertiary/aromatic N) is 3. The molecule has 0 aliphatic carbocycles. The van der Waals surface area contributed by atoms with Crippen LogP contribution < -0.4 is 0 Å². The van der Waals surface area contributed by atoms with E-state index in [2.05, 4.69) is 27.2 Å². The summed E-state index contributed by atoms with van der Waals surface area (Å²) >= 11 is 0. The maximum absolute atomic E-state index is 9.35. The van der Waals surface area contributed by atoms with Crippen molar-refractivity contribution < 1.29 is 14.0 Å². The van der Waals surface area contributed by atoms with E-state index in [1.165, 1.54) is 0 Å². The second-order valence-electron chi connectivity index (χ2n) is 5.34. The van der Waals surface area contributed by atoms with Crippen molar-refractivity contribution >= 4 is 0 Å². The average molecular weight is 313 g/mol. The van der Waals surface area contributed by atoms with Crippen molar-refractivity contribution in [2.45, 2.75) is 19.0 Å². The Morgan fingerprint density at radius 1 is 1.17 bits per heavy atom. The van der Waals surface area contributed by atoms with Gasteiger partial charge in [-0.3, -0.25) is 4.90 Å². The summed E-state index contributed by atoms with van der Waals surface area (Å²) in [6, 6.07) is 13.7. The fourth-order valence-electron chi connectivity index (χ4n) is 2.59. The van der Waals surface area contributed by atoms with Gasteiger partial charge in [0.2, 0.25) is 11.7 Å². The lowest BCUT2D eigenvalue weighted by atomic mass is 10.0. The third-order valence-corrected chi connectivity index (χ3v) is 3.71. The molecule has 0 amide bonds. The number of aliphatic hydroxyl groups excluding tert-OH is 1. The second kappa shape index (κ2) is 7.21. The van der Waals surface area contributed by atoms with Gasteiger partial charge in [-0.15, -0.1) is 0 Å². The van der Waals surface area contributed by atoms with Gasteiger partial charge in [-0.2, -0.15) is 4.98 Å². The molecule has 0 saturated carbocycles. The molecule has 120 valence electrons. The van der Waals surface area contributed by atoms with Gasteiger partial charge in [-0.25, -0.2) is 0 Å². The highest BCUT2D eigenvalue weighted by Gasteiger charge is 2.19. The molecule has 1 atom stereocenters. The smallest absolute Gasteiger partial charge is 0.241 e. The number of furan rings is 1. The van der Waals surface area contributed by atoms with Gasteiger partial charge >= 0.3 is 0 Å². The third-order valence-electron chi connectivity index (χ3n) is 3.71. The zero-order chi connectivity index (χ0) is 16.1. The Morgan fingerprint density at radius 2 is 2.00 bits per heavy atom. The Hall–Kier alpha value is -2.44. The summed E-state index contributed by atoms with van der Waals surface area (Å²) in [6.45, 7) is 0.610. The van der Waals surface area contributed by atoms with Gasteiger partial charge < -0.3 is 14.0 Å². The monoisotopic (exact) mass is 313 g/mol. The molecule has 3 aromatic rings. The van der Waals surface area contributed by atoms with Gasteiger partial charge in [0.25, 0.3) is 0 Å². The Balaban J connectivity index is 1.73. The van der Waals surface area contributed by atoms with Crippen molar-refractivity contribution in [3.63, 3.8) is 0 Å².